The van der Waals surface area contributed by atoms with E-state index in [0.29, 0.717) is 18.2 Å². The monoisotopic (exact) mass is 191 g/mol. The minimum atomic E-state index is -2.83. The molecule has 0 saturated heterocycles. The van der Waals surface area contributed by atoms with E-state index in [1.165, 1.54) is 6.26 Å². The Bertz CT molecular complexity index is 269. The van der Waals surface area contributed by atoms with E-state index in [0.717, 1.165) is 0 Å². The van der Waals surface area contributed by atoms with Crippen molar-refractivity contribution < 1.29 is 8.42 Å². The van der Waals surface area contributed by atoms with Crippen LogP contribution in [0.15, 0.2) is 0 Å². The molecule has 1 fully saturated rings. The first-order valence-electron chi connectivity index (χ1n) is 4.17. The van der Waals surface area contributed by atoms with Crippen molar-refractivity contribution in [1.82, 2.24) is 0 Å². The van der Waals surface area contributed by atoms with Crippen LogP contribution in [0.1, 0.15) is 13.8 Å². The van der Waals surface area contributed by atoms with Gasteiger partial charge in [-0.25, -0.2) is 8.42 Å². The van der Waals surface area contributed by atoms with Gasteiger partial charge in [-0.1, -0.05) is 13.8 Å². The van der Waals surface area contributed by atoms with Crippen LogP contribution in [0, 0.1) is 17.3 Å². The van der Waals surface area contributed by atoms with Gasteiger partial charge >= 0.3 is 0 Å². The molecular formula is C8H17NO2S. The fourth-order valence-corrected chi connectivity index (χ4v) is 3.30. The van der Waals surface area contributed by atoms with Crippen molar-refractivity contribution in [3.05, 3.63) is 0 Å². The molecule has 0 aromatic rings. The molecule has 2 N–H and O–H groups in total. The largest absolute Gasteiger partial charge is 0.330 e. The van der Waals surface area contributed by atoms with E-state index in [-0.39, 0.29) is 11.3 Å². The third-order valence-electron chi connectivity index (χ3n) is 3.02. The highest BCUT2D eigenvalue weighted by molar-refractivity contribution is 7.90. The lowest BCUT2D eigenvalue weighted by Crippen LogP contribution is -2.09. The Balaban J connectivity index is 2.60. The van der Waals surface area contributed by atoms with E-state index in [1.807, 2.05) is 0 Å². The number of nitrogens with two attached hydrogens (primary N) is 1. The normalized spacial score (nSPS) is 33.3. The lowest BCUT2D eigenvalue weighted by atomic mass is 10.1. The minimum Gasteiger partial charge on any atom is -0.330 e. The molecule has 0 unspecified atom stereocenters. The Kier molecular flexibility index (Phi) is 2.25. The zero-order valence-electron chi connectivity index (χ0n) is 7.87. The minimum absolute atomic E-state index is 0.137. The van der Waals surface area contributed by atoms with Gasteiger partial charge in [0, 0.05) is 6.26 Å². The summed E-state index contributed by atoms with van der Waals surface area (Å²) in [5.74, 6) is 0.965. The molecule has 1 aliphatic rings. The van der Waals surface area contributed by atoms with E-state index >= 15 is 0 Å². The van der Waals surface area contributed by atoms with Crippen molar-refractivity contribution in [2.24, 2.45) is 23.0 Å². The number of rotatable bonds is 3. The van der Waals surface area contributed by atoms with Gasteiger partial charge in [0.2, 0.25) is 0 Å². The average molecular weight is 191 g/mol. The third-order valence-corrected chi connectivity index (χ3v) is 3.99. The maximum absolute atomic E-state index is 11.0. The van der Waals surface area contributed by atoms with E-state index in [2.05, 4.69) is 13.8 Å². The highest BCUT2D eigenvalue weighted by Gasteiger charge is 2.57. The fourth-order valence-electron chi connectivity index (χ4n) is 1.98. The molecule has 0 amide bonds. The maximum atomic E-state index is 11.0. The fraction of sp³-hybridized carbons (Fsp3) is 1.00. The summed E-state index contributed by atoms with van der Waals surface area (Å²) in [6.07, 6.45) is 1.29. The number of hydrogen-bond donors (Lipinski definition) is 1. The molecule has 72 valence electrons. The predicted octanol–water partition coefficient (Wildman–Crippen LogP) is 0.262. The van der Waals surface area contributed by atoms with Gasteiger partial charge in [-0.15, -0.1) is 0 Å². The average Bonchev–Trinajstić information content (AvgIpc) is 2.30. The van der Waals surface area contributed by atoms with Gasteiger partial charge in [-0.05, 0) is 23.8 Å². The molecule has 1 aliphatic carbocycles. The number of hydrogen-bond acceptors (Lipinski definition) is 3. The summed E-state index contributed by atoms with van der Waals surface area (Å²) in [6.45, 7) is 4.77. The lowest BCUT2D eigenvalue weighted by Gasteiger charge is -1.99. The second kappa shape index (κ2) is 2.70. The number of sulfone groups is 1. The van der Waals surface area contributed by atoms with Gasteiger partial charge in [-0.2, -0.15) is 0 Å². The van der Waals surface area contributed by atoms with E-state index in [4.69, 9.17) is 5.73 Å². The van der Waals surface area contributed by atoms with Gasteiger partial charge in [0.25, 0.3) is 0 Å². The van der Waals surface area contributed by atoms with Crippen molar-refractivity contribution in [1.29, 1.82) is 0 Å². The summed E-state index contributed by atoms with van der Waals surface area (Å²) >= 11 is 0. The van der Waals surface area contributed by atoms with Crippen LogP contribution >= 0.6 is 0 Å². The van der Waals surface area contributed by atoms with Crippen molar-refractivity contribution >= 4 is 9.84 Å². The molecule has 0 aromatic carbocycles. The van der Waals surface area contributed by atoms with Crippen molar-refractivity contribution in [3.63, 3.8) is 0 Å². The molecule has 0 heterocycles. The Morgan fingerprint density at radius 1 is 1.33 bits per heavy atom. The summed E-state index contributed by atoms with van der Waals surface area (Å²) in [5, 5.41) is 0. The first kappa shape index (κ1) is 9.99. The SMILES string of the molecule is CC1(C)[C@@H](CN)[C@@H]1CS(C)(=O)=O. The van der Waals surface area contributed by atoms with Crippen LogP contribution in [-0.4, -0.2) is 27.0 Å². The summed E-state index contributed by atoms with van der Waals surface area (Å²) in [6, 6.07) is 0. The zero-order valence-corrected chi connectivity index (χ0v) is 8.69. The molecule has 12 heavy (non-hydrogen) atoms. The lowest BCUT2D eigenvalue weighted by molar-refractivity contribution is 0.543. The van der Waals surface area contributed by atoms with Crippen LogP contribution in [0.2, 0.25) is 0 Å². The first-order valence-corrected chi connectivity index (χ1v) is 6.23. The van der Waals surface area contributed by atoms with Crippen LogP contribution in [0.25, 0.3) is 0 Å². The van der Waals surface area contributed by atoms with Crippen LogP contribution in [0.3, 0.4) is 0 Å². The standard InChI is InChI=1S/C8H17NO2S/c1-8(2)6(4-9)7(8)5-12(3,10)11/h6-7H,4-5,9H2,1-3H3/t6-,7-/m0/s1. The van der Waals surface area contributed by atoms with Crippen molar-refractivity contribution in [2.45, 2.75) is 13.8 Å². The third kappa shape index (κ3) is 1.80. The topological polar surface area (TPSA) is 60.2 Å². The first-order chi connectivity index (χ1) is 5.29. The van der Waals surface area contributed by atoms with E-state index in [9.17, 15) is 8.42 Å². The van der Waals surface area contributed by atoms with Crippen molar-refractivity contribution in [2.75, 3.05) is 18.6 Å². The molecule has 0 aromatic heterocycles. The van der Waals surface area contributed by atoms with Gasteiger partial charge in [0.15, 0.2) is 0 Å². The molecule has 0 bridgehead atoms. The summed E-state index contributed by atoms with van der Waals surface area (Å²) in [5.41, 5.74) is 5.66. The van der Waals surface area contributed by atoms with Crippen LogP contribution in [-0.2, 0) is 9.84 Å². The van der Waals surface area contributed by atoms with E-state index in [1.54, 1.807) is 0 Å². The smallest absolute Gasteiger partial charge is 0.147 e. The Morgan fingerprint density at radius 3 is 2.08 bits per heavy atom. The Morgan fingerprint density at radius 2 is 1.83 bits per heavy atom. The predicted molar refractivity (Wildman–Crippen MR) is 49.5 cm³/mol. The molecule has 3 nitrogen and oxygen atoms in total. The summed E-state index contributed by atoms with van der Waals surface area (Å²) in [4.78, 5) is 0. The highest BCUT2D eigenvalue weighted by Crippen LogP contribution is 2.57. The van der Waals surface area contributed by atoms with Gasteiger partial charge in [-0.3, -0.25) is 0 Å². The van der Waals surface area contributed by atoms with Crippen molar-refractivity contribution in [3.8, 4) is 0 Å². The van der Waals surface area contributed by atoms with Crippen LogP contribution in [0.5, 0.6) is 0 Å². The molecule has 0 aliphatic heterocycles. The van der Waals surface area contributed by atoms with Crippen LogP contribution in [0.4, 0.5) is 0 Å². The second-order valence-electron chi connectivity index (χ2n) is 4.36. The molecular weight excluding hydrogens is 174 g/mol. The highest BCUT2D eigenvalue weighted by atomic mass is 32.2. The van der Waals surface area contributed by atoms with Crippen LogP contribution < -0.4 is 5.73 Å². The second-order valence-corrected chi connectivity index (χ2v) is 6.55. The quantitative estimate of drug-likeness (QED) is 0.696. The molecule has 1 rings (SSSR count). The maximum Gasteiger partial charge on any atom is 0.147 e. The van der Waals surface area contributed by atoms with Gasteiger partial charge in [0.1, 0.15) is 9.84 Å². The summed E-state index contributed by atoms with van der Waals surface area (Å²) in [7, 11) is -2.83. The van der Waals surface area contributed by atoms with Gasteiger partial charge < -0.3 is 5.73 Å². The Labute approximate surface area is 74.3 Å². The molecule has 2 atom stereocenters. The molecule has 4 heteroatoms. The molecule has 0 spiro atoms. The van der Waals surface area contributed by atoms with Gasteiger partial charge in [0.05, 0.1) is 5.75 Å². The van der Waals surface area contributed by atoms with E-state index < -0.39 is 9.84 Å². The molecule has 1 saturated carbocycles. The molecule has 0 radical (unpaired) electrons. The summed E-state index contributed by atoms with van der Waals surface area (Å²) < 4.78 is 22.0. The Hall–Kier alpha value is -0.0900. The zero-order chi connectivity index (χ0) is 9.57.